The number of hydrogen-bond donors (Lipinski definition) is 5. The van der Waals surface area contributed by atoms with Crippen LogP contribution in [0.25, 0.3) is 11.2 Å². The van der Waals surface area contributed by atoms with E-state index in [4.69, 9.17) is 10.5 Å². The summed E-state index contributed by atoms with van der Waals surface area (Å²) in [4.78, 5) is 14.5. The van der Waals surface area contributed by atoms with Crippen LogP contribution in [0.3, 0.4) is 0 Å². The lowest BCUT2D eigenvalue weighted by atomic mass is 10.1. The number of aliphatic hydroxyl groups excluding tert-OH is 3. The number of nitrogens with zero attached hydrogens (tertiary/aromatic N) is 6. The van der Waals surface area contributed by atoms with Crippen LogP contribution in [0.15, 0.2) is 35.7 Å². The number of nitrogen functional groups attached to an aromatic ring is 1. The second kappa shape index (κ2) is 8.43. The van der Waals surface area contributed by atoms with Crippen molar-refractivity contribution >= 4 is 34.8 Å². The van der Waals surface area contributed by atoms with E-state index in [0.29, 0.717) is 0 Å². The molecule has 0 radical (unpaired) electrons. The predicted molar refractivity (Wildman–Crippen MR) is 115 cm³/mol. The molecule has 4 atom stereocenters. The highest BCUT2D eigenvalue weighted by Gasteiger charge is 2.45. The third kappa shape index (κ3) is 3.88. The van der Waals surface area contributed by atoms with Crippen molar-refractivity contribution in [3.63, 3.8) is 0 Å². The summed E-state index contributed by atoms with van der Waals surface area (Å²) in [6.07, 6.45) is -1.76. The van der Waals surface area contributed by atoms with Crippen molar-refractivity contribution in [3.05, 3.63) is 36.2 Å². The van der Waals surface area contributed by atoms with E-state index in [0.717, 1.165) is 11.3 Å². The maximum atomic E-state index is 10.5. The van der Waals surface area contributed by atoms with Crippen LogP contribution in [-0.2, 0) is 4.74 Å². The Hall–Kier alpha value is -3.32. The molecule has 4 rings (SSSR count). The van der Waals surface area contributed by atoms with Gasteiger partial charge in [-0.15, -0.1) is 0 Å². The minimum absolute atomic E-state index is 0.141. The second-order valence-electron chi connectivity index (χ2n) is 7.32. The number of rotatable bonds is 6. The third-order valence-electron chi connectivity index (χ3n) is 5.06. The number of aromatic nitrogens is 4. The van der Waals surface area contributed by atoms with Crippen molar-refractivity contribution in [1.29, 1.82) is 0 Å². The van der Waals surface area contributed by atoms with Crippen molar-refractivity contribution in [2.45, 2.75) is 24.5 Å². The standard InChI is InChI=1S/C19H24N8O4/c1-26(2)11-5-3-10(4-6-11)7-23-25-19-24-13-16(20)21-9-22-17(13)27(19)18-15(30)14(29)12(8-28)31-18/h3-7,9,12,14-15,18,28-30H,8H2,1-2H3,(H,24,25)(H2,20,21,22). The number of hydrazone groups is 1. The normalized spacial score (nSPS) is 23.6. The number of nitrogens with one attached hydrogen (secondary N) is 1. The van der Waals surface area contributed by atoms with E-state index in [2.05, 4.69) is 25.5 Å². The molecule has 1 aliphatic rings. The van der Waals surface area contributed by atoms with Crippen molar-refractivity contribution in [2.24, 2.45) is 5.10 Å². The largest absolute Gasteiger partial charge is 0.394 e. The minimum Gasteiger partial charge on any atom is -0.394 e. The molecule has 164 valence electrons. The lowest BCUT2D eigenvalue weighted by molar-refractivity contribution is -0.0501. The predicted octanol–water partition coefficient (Wildman–Crippen LogP) is -0.468. The van der Waals surface area contributed by atoms with Gasteiger partial charge >= 0.3 is 0 Å². The Balaban J connectivity index is 1.66. The first kappa shape index (κ1) is 20.9. The number of aliphatic hydroxyl groups is 3. The quantitative estimate of drug-likeness (QED) is 0.256. The Morgan fingerprint density at radius 1 is 1.23 bits per heavy atom. The Labute approximate surface area is 177 Å². The number of nitrogens with two attached hydrogens (primary N) is 1. The molecule has 3 heterocycles. The van der Waals surface area contributed by atoms with Gasteiger partial charge in [-0.2, -0.15) is 5.10 Å². The van der Waals surface area contributed by atoms with E-state index in [1.165, 1.54) is 10.9 Å². The average molecular weight is 428 g/mol. The Bertz CT molecular complexity index is 1080. The smallest absolute Gasteiger partial charge is 0.228 e. The summed E-state index contributed by atoms with van der Waals surface area (Å²) in [6.45, 7) is -0.456. The summed E-state index contributed by atoms with van der Waals surface area (Å²) in [5, 5.41) is 34.3. The summed E-state index contributed by atoms with van der Waals surface area (Å²) in [5.74, 6) is 0.319. The van der Waals surface area contributed by atoms with Crippen molar-refractivity contribution < 1.29 is 20.1 Å². The van der Waals surface area contributed by atoms with Gasteiger partial charge in [0.1, 0.15) is 24.6 Å². The van der Waals surface area contributed by atoms with E-state index in [9.17, 15) is 15.3 Å². The maximum Gasteiger partial charge on any atom is 0.228 e. The van der Waals surface area contributed by atoms with Crippen LogP contribution in [0.1, 0.15) is 11.8 Å². The van der Waals surface area contributed by atoms with Gasteiger partial charge in [-0.1, -0.05) is 12.1 Å². The number of ether oxygens (including phenoxy) is 1. The molecule has 4 unspecified atom stereocenters. The van der Waals surface area contributed by atoms with Crippen molar-refractivity contribution in [2.75, 3.05) is 36.8 Å². The molecule has 12 nitrogen and oxygen atoms in total. The lowest BCUT2D eigenvalue weighted by Crippen LogP contribution is -2.33. The molecule has 0 aliphatic carbocycles. The fourth-order valence-electron chi connectivity index (χ4n) is 3.36. The molecule has 6 N–H and O–H groups in total. The van der Waals surface area contributed by atoms with Crippen LogP contribution < -0.4 is 16.1 Å². The number of fused-ring (bicyclic) bond motifs is 1. The zero-order valence-corrected chi connectivity index (χ0v) is 17.0. The molecule has 1 saturated heterocycles. The molecule has 0 amide bonds. The molecule has 0 spiro atoms. The molecule has 12 heteroatoms. The zero-order chi connectivity index (χ0) is 22.1. The van der Waals surface area contributed by atoms with E-state index in [1.54, 1.807) is 6.21 Å². The molecule has 3 aromatic rings. The molecule has 0 saturated carbocycles. The summed E-state index contributed by atoms with van der Waals surface area (Å²) < 4.78 is 7.08. The fraction of sp³-hybridized carbons (Fsp3) is 0.368. The van der Waals surface area contributed by atoms with Crippen LogP contribution in [0.2, 0.25) is 0 Å². The van der Waals surface area contributed by atoms with Gasteiger partial charge in [0.15, 0.2) is 23.2 Å². The molecular formula is C19H24N8O4. The fourth-order valence-corrected chi connectivity index (χ4v) is 3.36. The highest BCUT2D eigenvalue weighted by molar-refractivity contribution is 5.85. The molecule has 1 fully saturated rings. The van der Waals surface area contributed by atoms with Gasteiger partial charge in [0, 0.05) is 19.8 Å². The molecule has 31 heavy (non-hydrogen) atoms. The number of benzene rings is 1. The first-order valence-electron chi connectivity index (χ1n) is 9.58. The van der Waals surface area contributed by atoms with Crippen molar-refractivity contribution in [3.8, 4) is 0 Å². The molecule has 1 aliphatic heterocycles. The first-order valence-corrected chi connectivity index (χ1v) is 9.58. The molecular weight excluding hydrogens is 404 g/mol. The maximum absolute atomic E-state index is 10.5. The molecule has 0 bridgehead atoms. The van der Waals surface area contributed by atoms with Crippen LogP contribution in [0.5, 0.6) is 0 Å². The van der Waals surface area contributed by atoms with E-state index >= 15 is 0 Å². The zero-order valence-electron chi connectivity index (χ0n) is 17.0. The van der Waals surface area contributed by atoms with E-state index in [-0.39, 0.29) is 22.9 Å². The average Bonchev–Trinajstić information content (AvgIpc) is 3.26. The van der Waals surface area contributed by atoms with Gasteiger partial charge in [0.25, 0.3) is 0 Å². The van der Waals surface area contributed by atoms with Crippen LogP contribution in [-0.4, -0.2) is 80.1 Å². The topological polar surface area (TPSA) is 167 Å². The number of hydrogen-bond acceptors (Lipinski definition) is 11. The highest BCUT2D eigenvalue weighted by atomic mass is 16.6. The van der Waals surface area contributed by atoms with E-state index in [1.807, 2.05) is 43.3 Å². The summed E-state index contributed by atoms with van der Waals surface area (Å²) >= 11 is 0. The second-order valence-corrected chi connectivity index (χ2v) is 7.32. The van der Waals surface area contributed by atoms with Gasteiger partial charge < -0.3 is 30.7 Å². The molecule has 1 aromatic carbocycles. The molecule has 2 aromatic heterocycles. The SMILES string of the molecule is CN(C)c1ccc(C=NNc2nc3c(N)ncnc3n2C2OC(CO)C(O)C2O)cc1. The van der Waals surface area contributed by atoms with Gasteiger partial charge in [-0.3, -0.25) is 4.57 Å². The lowest BCUT2D eigenvalue weighted by Gasteiger charge is -2.18. The van der Waals surface area contributed by atoms with Crippen LogP contribution in [0, 0.1) is 0 Å². The third-order valence-corrected chi connectivity index (χ3v) is 5.06. The minimum atomic E-state index is -1.33. The van der Waals surface area contributed by atoms with Crippen molar-refractivity contribution in [1.82, 2.24) is 19.5 Å². The summed E-state index contributed by atoms with van der Waals surface area (Å²) in [7, 11) is 3.92. The Morgan fingerprint density at radius 3 is 2.61 bits per heavy atom. The first-order chi connectivity index (χ1) is 14.9. The Kier molecular flexibility index (Phi) is 5.69. The Morgan fingerprint density at radius 2 is 1.97 bits per heavy atom. The van der Waals surface area contributed by atoms with Gasteiger partial charge in [0.05, 0.1) is 12.8 Å². The van der Waals surface area contributed by atoms with Gasteiger partial charge in [0.2, 0.25) is 5.95 Å². The number of imidazole rings is 1. The highest BCUT2D eigenvalue weighted by Crippen LogP contribution is 2.35. The number of anilines is 3. The van der Waals surface area contributed by atoms with E-state index < -0.39 is 31.1 Å². The summed E-state index contributed by atoms with van der Waals surface area (Å²) in [5.41, 5.74) is 11.2. The van der Waals surface area contributed by atoms with Gasteiger partial charge in [-0.25, -0.2) is 20.4 Å². The van der Waals surface area contributed by atoms with Crippen LogP contribution >= 0.6 is 0 Å². The van der Waals surface area contributed by atoms with Crippen LogP contribution in [0.4, 0.5) is 17.5 Å². The monoisotopic (exact) mass is 428 g/mol. The summed E-state index contributed by atoms with van der Waals surface area (Å²) in [6, 6.07) is 7.76. The van der Waals surface area contributed by atoms with Gasteiger partial charge in [-0.05, 0) is 17.7 Å².